The van der Waals surface area contributed by atoms with E-state index in [9.17, 15) is 4.79 Å². The molecule has 2 aromatic carbocycles. The molecule has 0 aliphatic heterocycles. The molecule has 0 atom stereocenters. The van der Waals surface area contributed by atoms with E-state index >= 15 is 0 Å². The number of carbonyl (C=O) groups excluding carboxylic acids is 1. The summed E-state index contributed by atoms with van der Waals surface area (Å²) in [5.41, 5.74) is 2.19. The highest BCUT2D eigenvalue weighted by Crippen LogP contribution is 2.24. The number of rotatable bonds is 5. The molecule has 0 bridgehead atoms. The minimum absolute atomic E-state index is 0.254. The highest BCUT2D eigenvalue weighted by molar-refractivity contribution is 9.10. The van der Waals surface area contributed by atoms with E-state index in [1.165, 1.54) is 17.1 Å². The van der Waals surface area contributed by atoms with Crippen molar-refractivity contribution in [1.82, 2.24) is 20.2 Å². The molecule has 25 heavy (non-hydrogen) atoms. The first-order chi connectivity index (χ1) is 12.2. The third kappa shape index (κ3) is 4.30. The van der Waals surface area contributed by atoms with E-state index in [0.29, 0.717) is 11.4 Å². The van der Waals surface area contributed by atoms with E-state index in [1.54, 1.807) is 25.3 Å². The van der Waals surface area contributed by atoms with Gasteiger partial charge in [-0.1, -0.05) is 22.0 Å². The number of anilines is 1. The standard InChI is InChI=1S/C17H14BrN5O2/c1-25-16-7-6-13(18)9-12(16)5-8-17(24)20-14-3-2-4-15(10-14)23-11-19-21-22-23/h2-11H,1H3,(H,20,24)/b8-5+. The van der Waals surface area contributed by atoms with Gasteiger partial charge in [0.25, 0.3) is 0 Å². The average Bonchev–Trinajstić information content (AvgIpc) is 3.15. The Balaban J connectivity index is 1.73. The number of ether oxygens (including phenoxy) is 1. The molecule has 7 nitrogen and oxygen atoms in total. The van der Waals surface area contributed by atoms with Gasteiger partial charge in [-0.15, -0.1) is 5.10 Å². The number of hydrogen-bond donors (Lipinski definition) is 1. The Hall–Kier alpha value is -3.00. The normalized spacial score (nSPS) is 10.8. The molecule has 3 aromatic rings. The number of aromatic nitrogens is 4. The number of halogens is 1. The van der Waals surface area contributed by atoms with Crippen LogP contribution in [0.1, 0.15) is 5.56 Å². The Morgan fingerprint density at radius 1 is 1.28 bits per heavy atom. The molecule has 0 aliphatic rings. The zero-order chi connectivity index (χ0) is 17.6. The summed E-state index contributed by atoms with van der Waals surface area (Å²) in [6.07, 6.45) is 4.64. The fraction of sp³-hybridized carbons (Fsp3) is 0.0588. The number of methoxy groups -OCH3 is 1. The minimum atomic E-state index is -0.254. The van der Waals surface area contributed by atoms with Gasteiger partial charge in [-0.2, -0.15) is 0 Å². The van der Waals surface area contributed by atoms with Crippen LogP contribution in [-0.2, 0) is 4.79 Å². The number of amides is 1. The summed E-state index contributed by atoms with van der Waals surface area (Å²) in [6.45, 7) is 0. The fourth-order valence-corrected chi connectivity index (χ4v) is 2.57. The Bertz CT molecular complexity index is 909. The first-order valence-corrected chi connectivity index (χ1v) is 8.11. The molecule has 0 aliphatic carbocycles. The zero-order valence-electron chi connectivity index (χ0n) is 13.3. The van der Waals surface area contributed by atoms with Crippen molar-refractivity contribution in [3.63, 3.8) is 0 Å². The lowest BCUT2D eigenvalue weighted by molar-refractivity contribution is -0.111. The maximum atomic E-state index is 12.2. The van der Waals surface area contributed by atoms with Gasteiger partial charge in [-0.25, -0.2) is 4.68 Å². The van der Waals surface area contributed by atoms with Crippen LogP contribution >= 0.6 is 15.9 Å². The first kappa shape index (κ1) is 16.8. The predicted octanol–water partition coefficient (Wildman–Crippen LogP) is 3.09. The van der Waals surface area contributed by atoms with Crippen LogP contribution in [0.4, 0.5) is 5.69 Å². The van der Waals surface area contributed by atoms with Gasteiger partial charge < -0.3 is 10.1 Å². The van der Waals surface area contributed by atoms with Gasteiger partial charge in [-0.05, 0) is 52.9 Å². The number of benzene rings is 2. The number of nitrogens with one attached hydrogen (secondary N) is 1. The van der Waals surface area contributed by atoms with E-state index in [1.807, 2.05) is 30.3 Å². The van der Waals surface area contributed by atoms with Crippen molar-refractivity contribution in [1.29, 1.82) is 0 Å². The maximum absolute atomic E-state index is 12.2. The van der Waals surface area contributed by atoms with Gasteiger partial charge in [-0.3, -0.25) is 4.79 Å². The summed E-state index contributed by atoms with van der Waals surface area (Å²) >= 11 is 3.40. The van der Waals surface area contributed by atoms with E-state index in [2.05, 4.69) is 36.8 Å². The molecule has 0 fully saturated rings. The first-order valence-electron chi connectivity index (χ1n) is 7.32. The predicted molar refractivity (Wildman–Crippen MR) is 97.5 cm³/mol. The van der Waals surface area contributed by atoms with Crippen LogP contribution < -0.4 is 10.1 Å². The molecule has 1 heterocycles. The number of nitrogens with zero attached hydrogens (tertiary/aromatic N) is 4. The summed E-state index contributed by atoms with van der Waals surface area (Å²) < 4.78 is 7.70. The summed E-state index contributed by atoms with van der Waals surface area (Å²) in [6, 6.07) is 12.8. The van der Waals surface area contributed by atoms with Crippen molar-refractivity contribution in [2.45, 2.75) is 0 Å². The minimum Gasteiger partial charge on any atom is -0.496 e. The Labute approximate surface area is 152 Å². The summed E-state index contributed by atoms with van der Waals surface area (Å²) in [7, 11) is 1.59. The Kier molecular flexibility index (Phi) is 5.20. The van der Waals surface area contributed by atoms with E-state index in [4.69, 9.17) is 4.74 Å². The van der Waals surface area contributed by atoms with Gasteiger partial charge in [0.15, 0.2) is 0 Å². The monoisotopic (exact) mass is 399 g/mol. The summed E-state index contributed by atoms with van der Waals surface area (Å²) in [4.78, 5) is 12.2. The molecule has 0 unspecified atom stereocenters. The van der Waals surface area contributed by atoms with Gasteiger partial charge >= 0.3 is 0 Å². The van der Waals surface area contributed by atoms with Gasteiger partial charge in [0, 0.05) is 21.8 Å². The maximum Gasteiger partial charge on any atom is 0.248 e. The van der Waals surface area contributed by atoms with E-state index in [-0.39, 0.29) is 5.91 Å². The topological polar surface area (TPSA) is 81.9 Å². The second kappa shape index (κ2) is 7.71. The molecule has 1 amide bonds. The van der Waals surface area contributed by atoms with Crippen LogP contribution in [0.15, 0.2) is 59.3 Å². The van der Waals surface area contributed by atoms with E-state index in [0.717, 1.165) is 15.7 Å². The lowest BCUT2D eigenvalue weighted by Gasteiger charge is -2.06. The highest BCUT2D eigenvalue weighted by Gasteiger charge is 2.04. The Morgan fingerprint density at radius 3 is 2.92 bits per heavy atom. The van der Waals surface area contributed by atoms with Crippen molar-refractivity contribution in [2.75, 3.05) is 12.4 Å². The summed E-state index contributed by atoms with van der Waals surface area (Å²) in [5, 5.41) is 13.8. The van der Waals surface area contributed by atoms with E-state index < -0.39 is 0 Å². The molecule has 3 rings (SSSR count). The molecule has 0 spiro atoms. The third-order valence-electron chi connectivity index (χ3n) is 3.33. The smallest absolute Gasteiger partial charge is 0.248 e. The van der Waals surface area contributed by atoms with Crippen LogP contribution in [0.3, 0.4) is 0 Å². The van der Waals surface area contributed by atoms with Crippen LogP contribution in [-0.4, -0.2) is 33.2 Å². The average molecular weight is 400 g/mol. The van der Waals surface area contributed by atoms with Crippen LogP contribution in [0.25, 0.3) is 11.8 Å². The molecule has 1 aromatic heterocycles. The van der Waals surface area contributed by atoms with Crippen molar-refractivity contribution < 1.29 is 9.53 Å². The van der Waals surface area contributed by atoms with Gasteiger partial charge in [0.1, 0.15) is 12.1 Å². The largest absolute Gasteiger partial charge is 0.496 e. The summed E-state index contributed by atoms with van der Waals surface area (Å²) in [5.74, 6) is 0.434. The zero-order valence-corrected chi connectivity index (χ0v) is 14.8. The highest BCUT2D eigenvalue weighted by atomic mass is 79.9. The molecule has 0 radical (unpaired) electrons. The molecule has 0 saturated heterocycles. The second-order valence-corrected chi connectivity index (χ2v) is 5.93. The van der Waals surface area contributed by atoms with Crippen LogP contribution in [0, 0.1) is 0 Å². The number of hydrogen-bond acceptors (Lipinski definition) is 5. The number of carbonyl (C=O) groups is 1. The third-order valence-corrected chi connectivity index (χ3v) is 3.83. The molecular formula is C17H14BrN5O2. The van der Waals surface area contributed by atoms with Crippen LogP contribution in [0.2, 0.25) is 0 Å². The number of tetrazole rings is 1. The Morgan fingerprint density at radius 2 is 2.16 bits per heavy atom. The van der Waals surface area contributed by atoms with Crippen molar-refractivity contribution in [2.24, 2.45) is 0 Å². The van der Waals surface area contributed by atoms with Gasteiger partial charge in [0.05, 0.1) is 12.8 Å². The van der Waals surface area contributed by atoms with Crippen molar-refractivity contribution >= 4 is 33.6 Å². The molecule has 8 heteroatoms. The van der Waals surface area contributed by atoms with Gasteiger partial charge in [0.2, 0.25) is 5.91 Å². The molecule has 1 N–H and O–H groups in total. The van der Waals surface area contributed by atoms with Crippen molar-refractivity contribution in [3.05, 3.63) is 64.9 Å². The second-order valence-electron chi connectivity index (χ2n) is 5.01. The van der Waals surface area contributed by atoms with Crippen molar-refractivity contribution in [3.8, 4) is 11.4 Å². The quantitative estimate of drug-likeness (QED) is 0.666. The lowest BCUT2D eigenvalue weighted by Crippen LogP contribution is -2.08. The molecule has 0 saturated carbocycles. The fourth-order valence-electron chi connectivity index (χ4n) is 2.19. The lowest BCUT2D eigenvalue weighted by atomic mass is 10.2. The van der Waals surface area contributed by atoms with Crippen LogP contribution in [0.5, 0.6) is 5.75 Å². The molecule has 126 valence electrons. The molecular weight excluding hydrogens is 386 g/mol. The SMILES string of the molecule is COc1ccc(Br)cc1/C=C/C(=O)Nc1cccc(-n2cnnn2)c1.